The quantitative estimate of drug-likeness (QED) is 0.420. The fourth-order valence-electron chi connectivity index (χ4n) is 4.32. The van der Waals surface area contributed by atoms with Crippen LogP contribution in [0, 0.1) is 12.8 Å². The predicted octanol–water partition coefficient (Wildman–Crippen LogP) is 4.98. The van der Waals surface area contributed by atoms with Crippen molar-refractivity contribution in [3.8, 4) is 10.6 Å². The fourth-order valence-corrected chi connectivity index (χ4v) is 6.09. The number of Topliss-reactive ketones (excluding diaryl/α,β-unsaturated/α-hetero) is 1. The summed E-state index contributed by atoms with van der Waals surface area (Å²) in [6, 6.07) is 7.09. The molecule has 2 aromatic heterocycles. The maximum atomic E-state index is 12.8. The van der Waals surface area contributed by atoms with Crippen LogP contribution in [0.15, 0.2) is 34.2 Å². The molecule has 1 fully saturated rings. The summed E-state index contributed by atoms with van der Waals surface area (Å²) >= 11 is 1.50. The number of pyridine rings is 1. The molecule has 8 nitrogen and oxygen atoms in total. The number of nitrogens with zero attached hydrogens (tertiary/aromatic N) is 3. The average molecular weight is 525 g/mol. The van der Waals surface area contributed by atoms with Crippen molar-refractivity contribution in [3.05, 3.63) is 46.2 Å². The molecule has 36 heavy (non-hydrogen) atoms. The van der Waals surface area contributed by atoms with Crippen LogP contribution in [0.1, 0.15) is 41.7 Å². The molecule has 3 heterocycles. The van der Waals surface area contributed by atoms with Gasteiger partial charge in [-0.1, -0.05) is 0 Å². The van der Waals surface area contributed by atoms with E-state index < -0.39 is 9.84 Å². The summed E-state index contributed by atoms with van der Waals surface area (Å²) in [6.45, 7) is 4.31. The third kappa shape index (κ3) is 5.11. The number of nitrogens with one attached hydrogen (secondary N) is 1. The van der Waals surface area contributed by atoms with Gasteiger partial charge in [-0.3, -0.25) is 14.8 Å². The van der Waals surface area contributed by atoms with Gasteiger partial charge in [-0.25, -0.2) is 13.4 Å². The maximum absolute atomic E-state index is 12.8. The molecule has 0 unspecified atom stereocenters. The number of hydrogen-bond acceptors (Lipinski definition) is 9. The molecule has 0 atom stereocenters. The number of sulfone groups is 1. The van der Waals surface area contributed by atoms with Gasteiger partial charge >= 0.3 is 0 Å². The molecule has 2 aliphatic rings. The Kier molecular flexibility index (Phi) is 6.52. The van der Waals surface area contributed by atoms with E-state index in [4.69, 9.17) is 9.72 Å². The van der Waals surface area contributed by atoms with E-state index in [1.807, 2.05) is 26.0 Å². The van der Waals surface area contributed by atoms with Crippen molar-refractivity contribution in [2.24, 2.45) is 10.9 Å². The van der Waals surface area contributed by atoms with Crippen LogP contribution in [0.4, 0.5) is 17.1 Å². The zero-order valence-electron chi connectivity index (χ0n) is 20.7. The number of carbonyl (C=O) groups is 1. The topological polar surface area (TPSA) is 111 Å². The predicted molar refractivity (Wildman–Crippen MR) is 142 cm³/mol. The molecule has 0 bridgehead atoms. The lowest BCUT2D eigenvalue weighted by atomic mass is 10.1. The Labute approximate surface area is 214 Å². The Hall–Kier alpha value is -2.95. The average Bonchev–Trinajstić information content (AvgIpc) is 3.50. The van der Waals surface area contributed by atoms with Crippen molar-refractivity contribution in [3.63, 3.8) is 0 Å². The lowest BCUT2D eigenvalue weighted by Crippen LogP contribution is -2.09. The number of carbonyl (C=O) groups excluding carboxylic acids is 1. The van der Waals surface area contributed by atoms with E-state index in [1.165, 1.54) is 17.6 Å². The van der Waals surface area contributed by atoms with Gasteiger partial charge in [0, 0.05) is 48.3 Å². The third-order valence-corrected chi connectivity index (χ3v) is 8.50. The first-order valence-corrected chi connectivity index (χ1v) is 14.5. The van der Waals surface area contributed by atoms with Gasteiger partial charge in [0.05, 0.1) is 40.0 Å². The van der Waals surface area contributed by atoms with E-state index in [9.17, 15) is 13.2 Å². The summed E-state index contributed by atoms with van der Waals surface area (Å²) in [5.74, 6) is 0.356. The largest absolute Gasteiger partial charge is 0.378 e. The monoisotopic (exact) mass is 524 g/mol. The van der Waals surface area contributed by atoms with Crippen LogP contribution in [-0.2, 0) is 38.8 Å². The van der Waals surface area contributed by atoms with Crippen LogP contribution in [0.2, 0.25) is 0 Å². The molecule has 0 spiro atoms. The van der Waals surface area contributed by atoms with Gasteiger partial charge in [-0.2, -0.15) is 0 Å². The minimum absolute atomic E-state index is 0.151. The Balaban J connectivity index is 1.53. The first-order chi connectivity index (χ1) is 17.1. The number of benzene rings is 1. The fraction of sp³-hybridized carbons (Fsp3) is 0.385. The van der Waals surface area contributed by atoms with Crippen molar-refractivity contribution >= 4 is 49.7 Å². The highest BCUT2D eigenvalue weighted by Crippen LogP contribution is 2.39. The summed E-state index contributed by atoms with van der Waals surface area (Å²) in [5.41, 5.74) is 5.77. The van der Waals surface area contributed by atoms with Gasteiger partial charge in [-0.05, 0) is 51.0 Å². The number of aliphatic imine (C=N–C) groups is 1. The summed E-state index contributed by atoms with van der Waals surface area (Å²) in [7, 11) is -1.95. The van der Waals surface area contributed by atoms with Crippen LogP contribution in [0.25, 0.3) is 10.6 Å². The van der Waals surface area contributed by atoms with Gasteiger partial charge in [-0.15, -0.1) is 11.3 Å². The van der Waals surface area contributed by atoms with E-state index in [2.05, 4.69) is 15.3 Å². The Morgan fingerprint density at radius 3 is 2.64 bits per heavy atom. The van der Waals surface area contributed by atoms with E-state index in [-0.39, 0.29) is 23.0 Å². The number of aryl methyl sites for hydroxylation is 1. The standard InChI is InChI=1S/C26H28N4O4S2/c1-14-9-20-25(27-14)21(11-18(28-20)12-23(31)16-5-6-16)29-19-8-7-17(10-24(19)36(4,32)33)26-30-22(13-34-3)15(2)35-26/h7-8,10-11,16H,5-6,9,12-13H2,1-4H3,(H,28,29). The van der Waals surface area contributed by atoms with Crippen LogP contribution in [0.3, 0.4) is 0 Å². The first-order valence-electron chi connectivity index (χ1n) is 11.8. The summed E-state index contributed by atoms with van der Waals surface area (Å²) in [4.78, 5) is 27.6. The molecule has 1 N–H and O–H groups in total. The lowest BCUT2D eigenvalue weighted by Gasteiger charge is -2.15. The molecule has 0 radical (unpaired) electrons. The van der Waals surface area contributed by atoms with Gasteiger partial charge in [0.2, 0.25) is 0 Å². The number of fused-ring (bicyclic) bond motifs is 1. The van der Waals surface area contributed by atoms with E-state index in [0.717, 1.165) is 45.4 Å². The van der Waals surface area contributed by atoms with Crippen molar-refractivity contribution in [2.75, 3.05) is 18.7 Å². The highest BCUT2D eigenvalue weighted by Gasteiger charge is 2.30. The van der Waals surface area contributed by atoms with Gasteiger partial charge in [0.15, 0.2) is 9.84 Å². The van der Waals surface area contributed by atoms with Crippen LogP contribution >= 0.6 is 11.3 Å². The second-order valence-corrected chi connectivity index (χ2v) is 12.6. The SMILES string of the molecule is COCc1nc(-c2ccc(Nc3cc(CC(=O)C4CC4)nc4c3N=C(C)C4)c(S(C)(=O)=O)c2)sc1C. The molecule has 0 amide bonds. The minimum atomic E-state index is -3.57. The zero-order chi connectivity index (χ0) is 25.6. The van der Waals surface area contributed by atoms with E-state index in [1.54, 1.807) is 19.2 Å². The van der Waals surface area contributed by atoms with Crippen LogP contribution in [-0.4, -0.2) is 43.2 Å². The summed E-state index contributed by atoms with van der Waals surface area (Å²) < 4.78 is 30.9. The zero-order valence-corrected chi connectivity index (χ0v) is 22.3. The number of ether oxygens (including phenoxy) is 1. The number of methoxy groups -OCH3 is 1. The normalized spacial score (nSPS) is 15.1. The molecular formula is C26H28N4O4S2. The Morgan fingerprint density at radius 1 is 1.17 bits per heavy atom. The molecule has 3 aromatic rings. The van der Waals surface area contributed by atoms with Gasteiger partial charge < -0.3 is 10.1 Å². The Morgan fingerprint density at radius 2 is 1.94 bits per heavy atom. The van der Waals surface area contributed by atoms with E-state index >= 15 is 0 Å². The maximum Gasteiger partial charge on any atom is 0.177 e. The van der Waals surface area contributed by atoms with Gasteiger partial charge in [0.1, 0.15) is 16.5 Å². The number of aromatic nitrogens is 2. The molecule has 1 aromatic carbocycles. The van der Waals surface area contributed by atoms with Gasteiger partial charge in [0.25, 0.3) is 0 Å². The third-order valence-electron chi connectivity index (χ3n) is 6.30. The van der Waals surface area contributed by atoms with E-state index in [0.29, 0.717) is 35.8 Å². The molecule has 10 heteroatoms. The number of hydrogen-bond donors (Lipinski definition) is 1. The highest BCUT2D eigenvalue weighted by molar-refractivity contribution is 7.90. The number of anilines is 2. The molecule has 0 saturated heterocycles. The van der Waals surface area contributed by atoms with Crippen LogP contribution in [0.5, 0.6) is 0 Å². The number of rotatable bonds is 9. The molecule has 188 valence electrons. The molecule has 5 rings (SSSR count). The number of thiazole rings is 1. The van der Waals surface area contributed by atoms with Crippen molar-refractivity contribution in [1.82, 2.24) is 9.97 Å². The molecule has 1 aliphatic carbocycles. The number of ketones is 1. The second-order valence-electron chi connectivity index (χ2n) is 9.46. The van der Waals surface area contributed by atoms with Crippen LogP contribution < -0.4 is 5.32 Å². The second kappa shape index (κ2) is 9.49. The smallest absolute Gasteiger partial charge is 0.177 e. The van der Waals surface area contributed by atoms with Crippen molar-refractivity contribution < 1.29 is 17.9 Å². The highest BCUT2D eigenvalue weighted by atomic mass is 32.2. The summed E-state index contributed by atoms with van der Waals surface area (Å²) in [5, 5.41) is 4.04. The Bertz CT molecular complexity index is 1500. The first kappa shape index (κ1) is 24.7. The molecular weight excluding hydrogens is 496 g/mol. The van der Waals surface area contributed by atoms with Crippen molar-refractivity contribution in [1.29, 1.82) is 0 Å². The minimum Gasteiger partial charge on any atom is -0.378 e. The molecule has 1 aliphatic heterocycles. The van der Waals surface area contributed by atoms with Crippen molar-refractivity contribution in [2.45, 2.75) is 51.0 Å². The molecule has 1 saturated carbocycles. The lowest BCUT2D eigenvalue weighted by molar-refractivity contribution is -0.119. The summed E-state index contributed by atoms with van der Waals surface area (Å²) in [6.07, 6.45) is 3.98.